The Morgan fingerprint density at radius 3 is 2.65 bits per heavy atom. The van der Waals surface area contributed by atoms with Crippen LogP contribution in [0.5, 0.6) is 0 Å². The first-order valence-corrected chi connectivity index (χ1v) is 12.7. The zero-order chi connectivity index (χ0) is 24.3. The highest BCUT2D eigenvalue weighted by Crippen LogP contribution is 2.23. The molecule has 0 aliphatic rings. The van der Waals surface area contributed by atoms with E-state index in [1.165, 1.54) is 15.3 Å². The van der Waals surface area contributed by atoms with Gasteiger partial charge in [-0.1, -0.05) is 54.2 Å². The van der Waals surface area contributed by atoms with Gasteiger partial charge in [0.1, 0.15) is 0 Å². The number of hydrogen-bond acceptors (Lipinski definition) is 6. The van der Waals surface area contributed by atoms with E-state index in [0.29, 0.717) is 24.0 Å². The summed E-state index contributed by atoms with van der Waals surface area (Å²) >= 11 is 3.61. The Balaban J connectivity index is 1.58. The van der Waals surface area contributed by atoms with Crippen LogP contribution in [0, 0.1) is 3.57 Å². The molecule has 3 rings (SSSR count). The molecule has 7 nitrogen and oxygen atoms in total. The fraction of sp³-hybridized carbons (Fsp3) is 0.200. The number of hydrazone groups is 1. The van der Waals surface area contributed by atoms with Crippen LogP contribution in [0.2, 0.25) is 0 Å². The second-order valence-electron chi connectivity index (χ2n) is 7.39. The van der Waals surface area contributed by atoms with Gasteiger partial charge < -0.3 is 9.88 Å². The number of rotatable bonds is 11. The van der Waals surface area contributed by atoms with Crippen LogP contribution in [0.25, 0.3) is 6.08 Å². The molecule has 1 atom stereocenters. The summed E-state index contributed by atoms with van der Waals surface area (Å²) in [6, 6.07) is 18.1. The van der Waals surface area contributed by atoms with E-state index < -0.39 is 5.25 Å². The van der Waals surface area contributed by atoms with Crippen LogP contribution in [0.4, 0.5) is 5.69 Å². The molecule has 3 aromatic rings. The largest absolute Gasteiger partial charge is 0.378 e. The molecule has 176 valence electrons. The van der Waals surface area contributed by atoms with Crippen LogP contribution >= 0.6 is 34.4 Å². The van der Waals surface area contributed by atoms with E-state index in [-0.39, 0.29) is 5.91 Å². The molecule has 0 bridgehead atoms. The molecule has 1 amide bonds. The SMILES string of the molecule is C=CCn1c(CNc2ccc(I)cc2)nnc1SC(C)C(=O)N/N=C(C)/C=C/c1ccccc1. The molecule has 0 radical (unpaired) electrons. The van der Waals surface area contributed by atoms with Crippen molar-refractivity contribution in [3.8, 4) is 0 Å². The van der Waals surface area contributed by atoms with Gasteiger partial charge in [-0.3, -0.25) is 4.79 Å². The van der Waals surface area contributed by atoms with Crippen molar-refractivity contribution in [2.75, 3.05) is 5.32 Å². The van der Waals surface area contributed by atoms with Gasteiger partial charge >= 0.3 is 0 Å². The molecule has 1 heterocycles. The number of halogens is 1. The minimum Gasteiger partial charge on any atom is -0.378 e. The van der Waals surface area contributed by atoms with Crippen LogP contribution in [-0.4, -0.2) is 31.6 Å². The lowest BCUT2D eigenvalue weighted by Crippen LogP contribution is -2.27. The fourth-order valence-electron chi connectivity index (χ4n) is 2.86. The number of anilines is 1. The maximum Gasteiger partial charge on any atom is 0.253 e. The summed E-state index contributed by atoms with van der Waals surface area (Å²) in [6.07, 6.45) is 5.60. The molecule has 0 aliphatic heterocycles. The number of carbonyl (C=O) groups excluding carboxylic acids is 1. The van der Waals surface area contributed by atoms with Crippen molar-refractivity contribution < 1.29 is 4.79 Å². The summed E-state index contributed by atoms with van der Waals surface area (Å²) in [7, 11) is 0. The van der Waals surface area contributed by atoms with Crippen LogP contribution in [0.15, 0.2) is 83.6 Å². The van der Waals surface area contributed by atoms with Crippen molar-refractivity contribution in [3.05, 3.63) is 88.3 Å². The monoisotopic (exact) mass is 586 g/mol. The number of hydrogen-bond donors (Lipinski definition) is 2. The fourth-order valence-corrected chi connectivity index (χ4v) is 4.09. The molecule has 9 heteroatoms. The van der Waals surface area contributed by atoms with Crippen molar-refractivity contribution in [3.63, 3.8) is 0 Å². The van der Waals surface area contributed by atoms with Crippen molar-refractivity contribution >= 4 is 57.7 Å². The third-order valence-corrected chi connectivity index (χ3v) is 6.51. The number of nitrogens with zero attached hydrogens (tertiary/aromatic N) is 4. The molecule has 0 saturated heterocycles. The van der Waals surface area contributed by atoms with Gasteiger partial charge in [0.15, 0.2) is 11.0 Å². The number of nitrogens with one attached hydrogen (secondary N) is 2. The van der Waals surface area contributed by atoms with Gasteiger partial charge in [0.05, 0.1) is 17.5 Å². The number of allylic oxidation sites excluding steroid dienone is 2. The second kappa shape index (κ2) is 13.1. The Morgan fingerprint density at radius 1 is 1.21 bits per heavy atom. The Hall–Kier alpha value is -2.92. The maximum atomic E-state index is 12.6. The quantitative estimate of drug-likeness (QED) is 0.104. The normalized spacial score (nSPS) is 12.5. The number of benzene rings is 2. The highest BCUT2D eigenvalue weighted by atomic mass is 127. The highest BCUT2D eigenvalue weighted by molar-refractivity contribution is 14.1. The van der Waals surface area contributed by atoms with Crippen LogP contribution in [-0.2, 0) is 17.9 Å². The van der Waals surface area contributed by atoms with E-state index >= 15 is 0 Å². The van der Waals surface area contributed by atoms with E-state index in [2.05, 4.69) is 55.2 Å². The molecular formula is C25H27IN6OS. The number of amides is 1. The number of thioether (sulfide) groups is 1. The van der Waals surface area contributed by atoms with E-state index in [1.54, 1.807) is 6.08 Å². The molecule has 0 spiro atoms. The Kier molecular flexibility index (Phi) is 9.89. The second-order valence-corrected chi connectivity index (χ2v) is 9.95. The summed E-state index contributed by atoms with van der Waals surface area (Å²) in [4.78, 5) is 12.6. The standard InChI is InChI=1S/C25H27IN6OS/c1-4-16-32-23(17-27-22-14-12-21(26)13-15-22)29-31-25(32)34-19(3)24(33)30-28-18(2)10-11-20-8-6-5-7-9-20/h4-15,19,27H,1,16-17H2,2-3H3,(H,30,33)/b11-10+,28-18+. The number of aromatic nitrogens is 3. The third-order valence-electron chi connectivity index (χ3n) is 4.71. The zero-order valence-corrected chi connectivity index (χ0v) is 22.1. The Bertz CT molecular complexity index is 1160. The lowest BCUT2D eigenvalue weighted by Gasteiger charge is -2.12. The Morgan fingerprint density at radius 2 is 1.94 bits per heavy atom. The third kappa shape index (κ3) is 7.84. The maximum absolute atomic E-state index is 12.6. The zero-order valence-electron chi connectivity index (χ0n) is 19.1. The van der Waals surface area contributed by atoms with Crippen LogP contribution < -0.4 is 10.7 Å². The average Bonchev–Trinajstić information content (AvgIpc) is 3.22. The molecule has 2 aromatic carbocycles. The van der Waals surface area contributed by atoms with E-state index in [1.807, 2.05) is 85.2 Å². The summed E-state index contributed by atoms with van der Waals surface area (Å²) in [6.45, 7) is 8.56. The Labute approximate surface area is 218 Å². The van der Waals surface area contributed by atoms with Crippen molar-refractivity contribution in [1.29, 1.82) is 0 Å². The summed E-state index contributed by atoms with van der Waals surface area (Å²) in [5.74, 6) is 0.567. The van der Waals surface area contributed by atoms with Crippen LogP contribution in [0.3, 0.4) is 0 Å². The molecule has 0 saturated carbocycles. The van der Waals surface area contributed by atoms with E-state index in [9.17, 15) is 4.79 Å². The van der Waals surface area contributed by atoms with Gasteiger partial charge in [-0.2, -0.15) is 5.10 Å². The molecule has 34 heavy (non-hydrogen) atoms. The molecule has 2 N–H and O–H groups in total. The first-order valence-electron chi connectivity index (χ1n) is 10.7. The minimum absolute atomic E-state index is 0.204. The van der Waals surface area contributed by atoms with Gasteiger partial charge in [-0.25, -0.2) is 5.43 Å². The molecule has 1 aromatic heterocycles. The highest BCUT2D eigenvalue weighted by Gasteiger charge is 2.19. The summed E-state index contributed by atoms with van der Waals surface area (Å²) < 4.78 is 3.13. The molecule has 0 fully saturated rings. The van der Waals surface area contributed by atoms with Gasteiger partial charge in [0.25, 0.3) is 5.91 Å². The van der Waals surface area contributed by atoms with Gasteiger partial charge in [0.2, 0.25) is 0 Å². The van der Waals surface area contributed by atoms with Crippen molar-refractivity contribution in [2.24, 2.45) is 5.10 Å². The van der Waals surface area contributed by atoms with Gasteiger partial charge in [-0.05, 0) is 72.3 Å². The number of carbonyl (C=O) groups is 1. The van der Waals surface area contributed by atoms with Crippen molar-refractivity contribution in [2.45, 2.75) is 37.3 Å². The molecule has 1 unspecified atom stereocenters. The first kappa shape index (κ1) is 25.7. The molecular weight excluding hydrogens is 559 g/mol. The summed E-state index contributed by atoms with van der Waals surface area (Å²) in [5.41, 5.74) is 5.41. The van der Waals surface area contributed by atoms with Crippen molar-refractivity contribution in [1.82, 2.24) is 20.2 Å². The lowest BCUT2D eigenvalue weighted by atomic mass is 10.2. The van der Waals surface area contributed by atoms with Crippen LogP contribution in [0.1, 0.15) is 25.2 Å². The first-order chi connectivity index (χ1) is 16.5. The average molecular weight is 587 g/mol. The van der Waals surface area contributed by atoms with Gasteiger partial charge in [0, 0.05) is 15.8 Å². The minimum atomic E-state index is -0.403. The van der Waals surface area contributed by atoms with E-state index in [4.69, 9.17) is 0 Å². The smallest absolute Gasteiger partial charge is 0.253 e. The van der Waals surface area contributed by atoms with E-state index in [0.717, 1.165) is 17.1 Å². The summed E-state index contributed by atoms with van der Waals surface area (Å²) in [5, 5.41) is 16.4. The lowest BCUT2D eigenvalue weighted by molar-refractivity contribution is -0.120. The molecule has 0 aliphatic carbocycles. The predicted molar refractivity (Wildman–Crippen MR) is 149 cm³/mol. The topological polar surface area (TPSA) is 84.2 Å². The van der Waals surface area contributed by atoms with Gasteiger partial charge in [-0.15, -0.1) is 16.8 Å². The predicted octanol–water partition coefficient (Wildman–Crippen LogP) is 5.37.